The molecule has 1 aliphatic heterocycles. The van der Waals surface area contributed by atoms with Crippen LogP contribution in [0.1, 0.15) is 37.3 Å². The lowest BCUT2D eigenvalue weighted by Gasteiger charge is -2.21. The molecule has 2 aromatic rings. The number of aryl methyl sites for hydroxylation is 2. The fourth-order valence-electron chi connectivity index (χ4n) is 3.94. The van der Waals surface area contributed by atoms with Crippen molar-refractivity contribution in [2.45, 2.75) is 39.0 Å². The Morgan fingerprint density at radius 3 is 2.77 bits per heavy atom. The Morgan fingerprint density at radius 1 is 1.30 bits per heavy atom. The van der Waals surface area contributed by atoms with Crippen LogP contribution in [0.2, 0.25) is 0 Å². The molecule has 1 aliphatic rings. The van der Waals surface area contributed by atoms with E-state index in [9.17, 15) is 10.1 Å². The molecule has 0 saturated carbocycles. The third-order valence-electron chi connectivity index (χ3n) is 5.49. The Labute approximate surface area is 178 Å². The number of unbranched alkanes of at least 4 members (excludes halogenated alkanes) is 1. The van der Waals surface area contributed by atoms with E-state index in [0.29, 0.717) is 5.92 Å². The largest absolute Gasteiger partial charge is 0.357 e. The van der Waals surface area contributed by atoms with Crippen molar-refractivity contribution < 1.29 is 4.92 Å². The highest BCUT2D eigenvalue weighted by molar-refractivity contribution is 5.80. The second kappa shape index (κ2) is 10.8. The minimum absolute atomic E-state index is 0.145. The number of aliphatic imine (C=N–C) groups is 1. The van der Waals surface area contributed by atoms with Crippen LogP contribution in [0, 0.1) is 16.0 Å². The Bertz CT molecular complexity index is 846. The summed E-state index contributed by atoms with van der Waals surface area (Å²) in [5.74, 6) is 1.65. The minimum Gasteiger partial charge on any atom is -0.357 e. The number of rotatable bonds is 9. The van der Waals surface area contributed by atoms with E-state index in [4.69, 9.17) is 4.99 Å². The van der Waals surface area contributed by atoms with Crippen LogP contribution in [0.25, 0.3) is 0 Å². The van der Waals surface area contributed by atoms with Crippen molar-refractivity contribution in [2.75, 3.05) is 26.2 Å². The quantitative estimate of drug-likeness (QED) is 0.225. The van der Waals surface area contributed by atoms with Gasteiger partial charge < -0.3 is 10.2 Å². The topological polar surface area (TPSA) is 88.6 Å². The summed E-state index contributed by atoms with van der Waals surface area (Å²) in [6, 6.07) is 6.84. The van der Waals surface area contributed by atoms with E-state index in [0.717, 1.165) is 63.4 Å². The molecule has 1 fully saturated rings. The van der Waals surface area contributed by atoms with Crippen LogP contribution in [-0.2, 0) is 19.9 Å². The number of hydrogen-bond donors (Lipinski definition) is 1. The monoisotopic (exact) mass is 412 g/mol. The maximum absolute atomic E-state index is 10.7. The zero-order valence-corrected chi connectivity index (χ0v) is 18.0. The second-order valence-corrected chi connectivity index (χ2v) is 7.94. The van der Waals surface area contributed by atoms with Gasteiger partial charge in [-0.2, -0.15) is 5.10 Å². The highest BCUT2D eigenvalue weighted by Gasteiger charge is 2.25. The predicted octanol–water partition coefficient (Wildman–Crippen LogP) is 3.18. The van der Waals surface area contributed by atoms with E-state index in [1.54, 1.807) is 12.1 Å². The Morgan fingerprint density at radius 2 is 2.10 bits per heavy atom. The maximum Gasteiger partial charge on any atom is 0.269 e. The first kappa shape index (κ1) is 21.8. The summed E-state index contributed by atoms with van der Waals surface area (Å²) in [6.45, 7) is 5.83. The van der Waals surface area contributed by atoms with E-state index >= 15 is 0 Å². The summed E-state index contributed by atoms with van der Waals surface area (Å²) in [6.07, 6.45) is 9.25. The zero-order chi connectivity index (χ0) is 21.3. The van der Waals surface area contributed by atoms with Gasteiger partial charge in [-0.15, -0.1) is 0 Å². The lowest BCUT2D eigenvalue weighted by Crippen LogP contribution is -2.40. The van der Waals surface area contributed by atoms with Crippen LogP contribution < -0.4 is 5.32 Å². The Kier molecular flexibility index (Phi) is 7.82. The van der Waals surface area contributed by atoms with Gasteiger partial charge in [0.1, 0.15) is 0 Å². The third-order valence-corrected chi connectivity index (χ3v) is 5.49. The molecule has 162 valence electrons. The number of benzene rings is 1. The molecular formula is C22H32N6O2. The average molecular weight is 413 g/mol. The van der Waals surface area contributed by atoms with Gasteiger partial charge in [0.15, 0.2) is 5.96 Å². The number of nitro benzene ring substituents is 1. The van der Waals surface area contributed by atoms with Gasteiger partial charge in [-0.1, -0.05) is 12.1 Å². The Hall–Kier alpha value is -2.90. The molecule has 1 aromatic heterocycles. The molecule has 0 spiro atoms. The summed E-state index contributed by atoms with van der Waals surface area (Å²) >= 11 is 0. The van der Waals surface area contributed by atoms with Crippen molar-refractivity contribution >= 4 is 11.6 Å². The molecule has 0 amide bonds. The van der Waals surface area contributed by atoms with Gasteiger partial charge in [0.05, 0.1) is 11.1 Å². The molecule has 1 saturated heterocycles. The predicted molar refractivity (Wildman–Crippen MR) is 119 cm³/mol. The number of hydrogen-bond acceptors (Lipinski definition) is 4. The van der Waals surface area contributed by atoms with Crippen molar-refractivity contribution in [2.24, 2.45) is 18.0 Å². The van der Waals surface area contributed by atoms with E-state index < -0.39 is 0 Å². The van der Waals surface area contributed by atoms with E-state index in [1.807, 2.05) is 30.1 Å². The number of aromatic nitrogens is 2. The van der Waals surface area contributed by atoms with Crippen molar-refractivity contribution in [3.8, 4) is 0 Å². The van der Waals surface area contributed by atoms with Gasteiger partial charge in [-0.25, -0.2) is 0 Å². The molecule has 1 aromatic carbocycles. The van der Waals surface area contributed by atoms with Gasteiger partial charge in [0.25, 0.3) is 5.69 Å². The number of nitrogens with zero attached hydrogens (tertiary/aromatic N) is 5. The molecule has 0 bridgehead atoms. The fraction of sp³-hybridized carbons (Fsp3) is 0.545. The minimum atomic E-state index is -0.361. The highest BCUT2D eigenvalue weighted by atomic mass is 16.6. The number of likely N-dealkylation sites (tertiary alicyclic amines) is 1. The molecule has 0 radical (unpaired) electrons. The smallest absolute Gasteiger partial charge is 0.269 e. The number of nitro groups is 1. The molecule has 8 heteroatoms. The molecule has 2 heterocycles. The van der Waals surface area contributed by atoms with Gasteiger partial charge in [0, 0.05) is 51.6 Å². The van der Waals surface area contributed by atoms with Crippen molar-refractivity contribution in [3.05, 3.63) is 57.9 Å². The fourth-order valence-corrected chi connectivity index (χ4v) is 3.94. The van der Waals surface area contributed by atoms with Crippen LogP contribution in [0.15, 0.2) is 41.7 Å². The summed E-state index contributed by atoms with van der Waals surface area (Å²) in [7, 11) is 1.96. The third kappa shape index (κ3) is 6.30. The first-order valence-corrected chi connectivity index (χ1v) is 10.8. The van der Waals surface area contributed by atoms with Crippen LogP contribution in [0.3, 0.4) is 0 Å². The molecule has 30 heavy (non-hydrogen) atoms. The zero-order valence-electron chi connectivity index (χ0n) is 18.0. The van der Waals surface area contributed by atoms with Crippen LogP contribution in [0.5, 0.6) is 0 Å². The summed E-state index contributed by atoms with van der Waals surface area (Å²) in [4.78, 5) is 17.6. The van der Waals surface area contributed by atoms with E-state index in [1.165, 1.54) is 12.0 Å². The van der Waals surface area contributed by atoms with Crippen LogP contribution >= 0.6 is 0 Å². The standard InChI is InChI=1S/C22H32N6O2/c1-3-23-22(27-13-11-19(17-27)14-20-15-25-26(2)16-20)24-12-5-4-6-18-7-9-21(10-8-18)28(29)30/h7-10,15-16,19H,3-6,11-14,17H2,1-2H3,(H,23,24). The second-order valence-electron chi connectivity index (χ2n) is 7.94. The Balaban J connectivity index is 1.43. The van der Waals surface area contributed by atoms with Crippen LogP contribution in [0.4, 0.5) is 5.69 Å². The van der Waals surface area contributed by atoms with Gasteiger partial charge >= 0.3 is 0 Å². The van der Waals surface area contributed by atoms with Crippen molar-refractivity contribution in [3.63, 3.8) is 0 Å². The van der Waals surface area contributed by atoms with Crippen molar-refractivity contribution in [1.82, 2.24) is 20.0 Å². The molecule has 1 N–H and O–H groups in total. The van der Waals surface area contributed by atoms with E-state index in [2.05, 4.69) is 28.4 Å². The molecule has 0 aliphatic carbocycles. The normalized spacial score (nSPS) is 16.8. The maximum atomic E-state index is 10.7. The molecule has 1 unspecified atom stereocenters. The first-order valence-electron chi connectivity index (χ1n) is 10.8. The lowest BCUT2D eigenvalue weighted by atomic mass is 10.0. The van der Waals surface area contributed by atoms with Gasteiger partial charge in [-0.3, -0.25) is 19.8 Å². The average Bonchev–Trinajstić information content (AvgIpc) is 3.36. The van der Waals surface area contributed by atoms with Crippen molar-refractivity contribution in [1.29, 1.82) is 0 Å². The molecule has 3 rings (SSSR count). The first-order chi connectivity index (χ1) is 14.5. The number of non-ortho nitro benzene ring substituents is 1. The van der Waals surface area contributed by atoms with E-state index in [-0.39, 0.29) is 10.6 Å². The van der Waals surface area contributed by atoms with Gasteiger partial charge in [0.2, 0.25) is 0 Å². The number of guanidine groups is 1. The molecule has 8 nitrogen and oxygen atoms in total. The highest BCUT2D eigenvalue weighted by Crippen LogP contribution is 2.21. The summed E-state index contributed by atoms with van der Waals surface area (Å²) in [5, 5.41) is 18.4. The van der Waals surface area contributed by atoms with Gasteiger partial charge in [-0.05, 0) is 56.1 Å². The summed E-state index contributed by atoms with van der Waals surface area (Å²) < 4.78 is 1.87. The molecule has 1 atom stereocenters. The SMILES string of the molecule is CCNC(=NCCCCc1ccc([N+](=O)[O-])cc1)N1CCC(Cc2cnn(C)c2)C1. The molecular weight excluding hydrogens is 380 g/mol. The lowest BCUT2D eigenvalue weighted by molar-refractivity contribution is -0.384. The summed E-state index contributed by atoms with van der Waals surface area (Å²) in [5.41, 5.74) is 2.58. The van der Waals surface area contributed by atoms with Crippen LogP contribution in [-0.4, -0.2) is 51.7 Å². The number of nitrogens with one attached hydrogen (secondary N) is 1.